The van der Waals surface area contributed by atoms with Crippen LogP contribution < -0.4 is 0 Å². The largest absolute Gasteiger partial charge is 0.502 e. The van der Waals surface area contributed by atoms with Crippen LogP contribution in [-0.4, -0.2) is 16.2 Å². The van der Waals surface area contributed by atoms with E-state index in [0.29, 0.717) is 10.7 Å². The zero-order valence-corrected chi connectivity index (χ0v) is 11.3. The molecule has 6 heteroatoms. The van der Waals surface area contributed by atoms with Crippen LogP contribution in [0.4, 0.5) is 11.4 Å². The SMILES string of the molecule is Cc1ccc(Cl)cc1N=Cc1cccc([N+](=O)[O-])c1O. The molecule has 0 fully saturated rings. The number of nitro groups is 1. The average Bonchev–Trinajstić information content (AvgIpc) is 2.41. The van der Waals surface area contributed by atoms with Crippen molar-refractivity contribution in [3.05, 3.63) is 62.7 Å². The van der Waals surface area contributed by atoms with E-state index < -0.39 is 10.7 Å². The van der Waals surface area contributed by atoms with E-state index in [9.17, 15) is 15.2 Å². The number of aliphatic imine (C=N–C) groups is 1. The molecule has 0 saturated heterocycles. The Kier molecular flexibility index (Phi) is 4.00. The predicted octanol–water partition coefficient (Wildman–Crippen LogP) is 4.01. The van der Waals surface area contributed by atoms with Crippen LogP contribution >= 0.6 is 11.6 Å². The lowest BCUT2D eigenvalue weighted by Gasteiger charge is -2.02. The van der Waals surface area contributed by atoms with Crippen LogP contribution in [0.25, 0.3) is 0 Å². The summed E-state index contributed by atoms with van der Waals surface area (Å²) in [5.41, 5.74) is 1.48. The molecule has 0 aliphatic rings. The van der Waals surface area contributed by atoms with Gasteiger partial charge in [-0.2, -0.15) is 0 Å². The monoisotopic (exact) mass is 290 g/mol. The summed E-state index contributed by atoms with van der Waals surface area (Å²) in [6.07, 6.45) is 1.38. The second kappa shape index (κ2) is 5.71. The number of aromatic hydroxyl groups is 1. The van der Waals surface area contributed by atoms with Gasteiger partial charge in [-0.25, -0.2) is 0 Å². The summed E-state index contributed by atoms with van der Waals surface area (Å²) in [6.45, 7) is 1.87. The zero-order valence-electron chi connectivity index (χ0n) is 10.6. The van der Waals surface area contributed by atoms with Crippen molar-refractivity contribution in [2.45, 2.75) is 6.92 Å². The first kappa shape index (κ1) is 14.0. The summed E-state index contributed by atoms with van der Waals surface area (Å²) in [6, 6.07) is 9.53. The molecular weight excluding hydrogens is 280 g/mol. The maximum Gasteiger partial charge on any atom is 0.311 e. The lowest BCUT2D eigenvalue weighted by atomic mass is 10.2. The Balaban J connectivity index is 2.39. The third-order valence-electron chi connectivity index (χ3n) is 2.76. The maximum absolute atomic E-state index is 10.7. The van der Waals surface area contributed by atoms with E-state index in [1.807, 2.05) is 13.0 Å². The van der Waals surface area contributed by atoms with Gasteiger partial charge in [-0.3, -0.25) is 15.1 Å². The van der Waals surface area contributed by atoms with E-state index in [2.05, 4.69) is 4.99 Å². The molecule has 0 radical (unpaired) electrons. The molecule has 0 spiro atoms. The lowest BCUT2D eigenvalue weighted by Crippen LogP contribution is -1.91. The van der Waals surface area contributed by atoms with Crippen LogP contribution in [0.2, 0.25) is 5.02 Å². The van der Waals surface area contributed by atoms with Crippen molar-refractivity contribution in [2.24, 2.45) is 4.99 Å². The smallest absolute Gasteiger partial charge is 0.311 e. The van der Waals surface area contributed by atoms with Crippen LogP contribution in [0.3, 0.4) is 0 Å². The highest BCUT2D eigenvalue weighted by atomic mass is 35.5. The fraction of sp³-hybridized carbons (Fsp3) is 0.0714. The molecular formula is C14H11ClN2O3. The molecule has 0 aliphatic carbocycles. The van der Waals surface area contributed by atoms with E-state index in [1.54, 1.807) is 18.2 Å². The summed E-state index contributed by atoms with van der Waals surface area (Å²) < 4.78 is 0. The third-order valence-corrected chi connectivity index (χ3v) is 2.99. The molecule has 2 aromatic rings. The number of hydrogen-bond acceptors (Lipinski definition) is 4. The topological polar surface area (TPSA) is 75.7 Å². The molecule has 2 rings (SSSR count). The minimum absolute atomic E-state index is 0.276. The van der Waals surface area contributed by atoms with Crippen molar-refractivity contribution in [3.63, 3.8) is 0 Å². The van der Waals surface area contributed by atoms with Crippen LogP contribution in [0.1, 0.15) is 11.1 Å². The van der Waals surface area contributed by atoms with Crippen molar-refractivity contribution in [1.29, 1.82) is 0 Å². The van der Waals surface area contributed by atoms with Crippen molar-refractivity contribution in [2.75, 3.05) is 0 Å². The molecule has 1 N–H and O–H groups in total. The molecule has 0 atom stereocenters. The molecule has 0 aliphatic heterocycles. The van der Waals surface area contributed by atoms with Gasteiger partial charge >= 0.3 is 5.69 Å². The van der Waals surface area contributed by atoms with Gasteiger partial charge in [0.2, 0.25) is 5.75 Å². The van der Waals surface area contributed by atoms with Gasteiger partial charge in [0.25, 0.3) is 0 Å². The average molecular weight is 291 g/mol. The third kappa shape index (κ3) is 2.95. The number of phenolic OH excluding ortho intramolecular Hbond substituents is 1. The van der Waals surface area contributed by atoms with Crippen LogP contribution in [0.5, 0.6) is 5.75 Å². The van der Waals surface area contributed by atoms with Crippen molar-refractivity contribution >= 4 is 29.2 Å². The van der Waals surface area contributed by atoms with Crippen LogP contribution in [-0.2, 0) is 0 Å². The molecule has 2 aromatic carbocycles. The number of aryl methyl sites for hydroxylation is 1. The summed E-state index contributed by atoms with van der Waals surface area (Å²) in [5, 5.41) is 21.1. The number of para-hydroxylation sites is 1. The van der Waals surface area contributed by atoms with E-state index in [4.69, 9.17) is 11.6 Å². The quantitative estimate of drug-likeness (QED) is 0.527. The number of halogens is 1. The number of benzene rings is 2. The first-order valence-corrected chi connectivity index (χ1v) is 6.13. The molecule has 20 heavy (non-hydrogen) atoms. The summed E-state index contributed by atoms with van der Waals surface area (Å²) in [5.74, 6) is -0.402. The van der Waals surface area contributed by atoms with Gasteiger partial charge in [0, 0.05) is 22.9 Å². The lowest BCUT2D eigenvalue weighted by molar-refractivity contribution is -0.385. The van der Waals surface area contributed by atoms with E-state index >= 15 is 0 Å². The number of hydrogen-bond donors (Lipinski definition) is 1. The van der Waals surface area contributed by atoms with Crippen molar-refractivity contribution in [3.8, 4) is 5.75 Å². The Bertz CT molecular complexity index is 699. The van der Waals surface area contributed by atoms with E-state index in [-0.39, 0.29) is 11.3 Å². The Hall–Kier alpha value is -2.40. The van der Waals surface area contributed by atoms with Gasteiger partial charge in [0.05, 0.1) is 10.6 Å². The summed E-state index contributed by atoms with van der Waals surface area (Å²) in [7, 11) is 0. The first-order valence-electron chi connectivity index (χ1n) is 5.75. The minimum Gasteiger partial charge on any atom is -0.502 e. The van der Waals surface area contributed by atoms with Gasteiger partial charge in [-0.1, -0.05) is 23.7 Å². The minimum atomic E-state index is -0.642. The van der Waals surface area contributed by atoms with Crippen molar-refractivity contribution in [1.82, 2.24) is 0 Å². The highest BCUT2D eigenvalue weighted by Gasteiger charge is 2.15. The van der Waals surface area contributed by atoms with Gasteiger partial charge in [0.1, 0.15) is 0 Å². The predicted molar refractivity (Wildman–Crippen MR) is 78.2 cm³/mol. The first-order chi connectivity index (χ1) is 9.49. The van der Waals surface area contributed by atoms with Crippen LogP contribution in [0, 0.1) is 17.0 Å². The Morgan fingerprint density at radius 3 is 2.80 bits per heavy atom. The Labute approximate surface area is 120 Å². The summed E-state index contributed by atoms with van der Waals surface area (Å²) in [4.78, 5) is 14.3. The number of phenols is 1. The maximum atomic E-state index is 10.7. The van der Waals surface area contributed by atoms with Gasteiger partial charge in [0.15, 0.2) is 0 Å². The highest BCUT2D eigenvalue weighted by Crippen LogP contribution is 2.29. The molecule has 0 amide bonds. The van der Waals surface area contributed by atoms with Crippen molar-refractivity contribution < 1.29 is 10.0 Å². The number of nitrogens with zero attached hydrogens (tertiary/aromatic N) is 2. The Morgan fingerprint density at radius 2 is 2.10 bits per heavy atom. The van der Waals surface area contributed by atoms with E-state index in [1.165, 1.54) is 18.3 Å². The molecule has 0 unspecified atom stereocenters. The second-order valence-corrected chi connectivity index (χ2v) is 4.60. The molecule has 102 valence electrons. The normalized spacial score (nSPS) is 10.9. The second-order valence-electron chi connectivity index (χ2n) is 4.16. The van der Waals surface area contributed by atoms with Gasteiger partial charge in [-0.05, 0) is 30.7 Å². The van der Waals surface area contributed by atoms with Gasteiger partial charge < -0.3 is 5.11 Å². The summed E-state index contributed by atoms with van der Waals surface area (Å²) >= 11 is 5.88. The Morgan fingerprint density at radius 1 is 1.35 bits per heavy atom. The number of nitro benzene ring substituents is 1. The molecule has 0 bridgehead atoms. The molecule has 0 heterocycles. The fourth-order valence-corrected chi connectivity index (χ4v) is 1.83. The molecule has 5 nitrogen and oxygen atoms in total. The highest BCUT2D eigenvalue weighted by molar-refractivity contribution is 6.30. The molecule has 0 aromatic heterocycles. The van der Waals surface area contributed by atoms with Gasteiger partial charge in [-0.15, -0.1) is 0 Å². The molecule has 0 saturated carbocycles. The standard InChI is InChI=1S/C14H11ClN2O3/c1-9-5-6-11(15)7-12(9)16-8-10-3-2-4-13(14(10)18)17(19)20/h2-8,18H,1H3. The van der Waals surface area contributed by atoms with Crippen LogP contribution in [0.15, 0.2) is 41.4 Å². The fourth-order valence-electron chi connectivity index (χ4n) is 1.66. The number of rotatable bonds is 3. The zero-order chi connectivity index (χ0) is 14.7. The van der Waals surface area contributed by atoms with E-state index in [0.717, 1.165) is 5.56 Å².